The number of carbonyl (C=O) groups is 1. The molecule has 1 aliphatic heterocycles. The first kappa shape index (κ1) is 17.3. The highest BCUT2D eigenvalue weighted by Crippen LogP contribution is 2.19. The lowest BCUT2D eigenvalue weighted by molar-refractivity contribution is 0.103. The van der Waals surface area contributed by atoms with Crippen LogP contribution in [0, 0.1) is 5.82 Å². The molecular formula is C19H20BrFN2O. The maximum atomic E-state index is 14.0. The lowest BCUT2D eigenvalue weighted by atomic mass is 10.0. The summed E-state index contributed by atoms with van der Waals surface area (Å²) in [6.45, 7) is 4.98. The zero-order valence-electron chi connectivity index (χ0n) is 13.6. The van der Waals surface area contributed by atoms with Crippen LogP contribution in [0.3, 0.4) is 0 Å². The Labute approximate surface area is 150 Å². The Hall–Kier alpha value is -1.56. The van der Waals surface area contributed by atoms with Gasteiger partial charge in [0.15, 0.2) is 5.78 Å². The molecule has 3 rings (SSSR count). The van der Waals surface area contributed by atoms with Crippen molar-refractivity contribution in [1.82, 2.24) is 9.80 Å². The summed E-state index contributed by atoms with van der Waals surface area (Å²) in [5.41, 5.74) is 1.72. The molecule has 24 heavy (non-hydrogen) atoms. The molecule has 0 atom stereocenters. The van der Waals surface area contributed by atoms with E-state index in [4.69, 9.17) is 0 Å². The van der Waals surface area contributed by atoms with Gasteiger partial charge in [0.1, 0.15) is 5.82 Å². The number of nitrogens with zero attached hydrogens (tertiary/aromatic N) is 2. The smallest absolute Gasteiger partial charge is 0.195 e. The maximum absolute atomic E-state index is 14.0. The Morgan fingerprint density at radius 1 is 1.12 bits per heavy atom. The van der Waals surface area contributed by atoms with Crippen molar-refractivity contribution in [3.8, 4) is 0 Å². The van der Waals surface area contributed by atoms with Gasteiger partial charge in [-0.25, -0.2) is 4.39 Å². The van der Waals surface area contributed by atoms with Crippen molar-refractivity contribution in [1.29, 1.82) is 0 Å². The summed E-state index contributed by atoms with van der Waals surface area (Å²) < 4.78 is 14.7. The van der Waals surface area contributed by atoms with Crippen LogP contribution < -0.4 is 0 Å². The third-order valence-electron chi connectivity index (χ3n) is 4.37. The minimum atomic E-state index is -0.501. The van der Waals surface area contributed by atoms with Gasteiger partial charge in [-0.3, -0.25) is 9.69 Å². The third kappa shape index (κ3) is 4.09. The first-order valence-electron chi connectivity index (χ1n) is 8.02. The maximum Gasteiger partial charge on any atom is 0.195 e. The highest BCUT2D eigenvalue weighted by atomic mass is 79.9. The molecule has 1 aliphatic rings. The van der Waals surface area contributed by atoms with Gasteiger partial charge in [-0.2, -0.15) is 0 Å². The number of halogens is 2. The van der Waals surface area contributed by atoms with E-state index < -0.39 is 5.82 Å². The van der Waals surface area contributed by atoms with Crippen LogP contribution in [0.15, 0.2) is 46.9 Å². The predicted molar refractivity (Wildman–Crippen MR) is 96.7 cm³/mol. The van der Waals surface area contributed by atoms with Crippen LogP contribution in [0.5, 0.6) is 0 Å². The second kappa shape index (κ2) is 7.55. The summed E-state index contributed by atoms with van der Waals surface area (Å²) in [7, 11) is 2.13. The normalized spacial score (nSPS) is 16.3. The second-order valence-corrected chi connectivity index (χ2v) is 7.15. The second-order valence-electron chi connectivity index (χ2n) is 6.23. The fraction of sp³-hybridized carbons (Fsp3) is 0.316. The third-order valence-corrected chi connectivity index (χ3v) is 4.86. The minimum Gasteiger partial charge on any atom is -0.304 e. The van der Waals surface area contributed by atoms with E-state index in [1.807, 2.05) is 18.2 Å². The number of hydrogen-bond acceptors (Lipinski definition) is 3. The number of ketones is 1. The Bertz CT molecular complexity index is 742. The molecule has 0 aromatic heterocycles. The van der Waals surface area contributed by atoms with Crippen molar-refractivity contribution < 1.29 is 9.18 Å². The molecule has 0 radical (unpaired) electrons. The van der Waals surface area contributed by atoms with E-state index in [9.17, 15) is 9.18 Å². The summed E-state index contributed by atoms with van der Waals surface area (Å²) in [6, 6.07) is 12.0. The molecule has 0 saturated carbocycles. The molecule has 2 aromatic carbocycles. The van der Waals surface area contributed by atoms with Gasteiger partial charge in [0.05, 0.1) is 5.56 Å². The van der Waals surface area contributed by atoms with Gasteiger partial charge >= 0.3 is 0 Å². The summed E-state index contributed by atoms with van der Waals surface area (Å²) in [5, 5.41) is 0. The Balaban J connectivity index is 1.76. The number of likely N-dealkylation sites (N-methyl/N-ethyl adjacent to an activating group) is 1. The molecule has 0 aliphatic carbocycles. The number of benzene rings is 2. The van der Waals surface area contributed by atoms with Gasteiger partial charge in [-0.15, -0.1) is 0 Å². The molecule has 2 aromatic rings. The first-order valence-corrected chi connectivity index (χ1v) is 8.82. The van der Waals surface area contributed by atoms with Gasteiger partial charge in [0, 0.05) is 42.8 Å². The summed E-state index contributed by atoms with van der Waals surface area (Å²) in [6.07, 6.45) is 0. The Morgan fingerprint density at radius 3 is 2.58 bits per heavy atom. The predicted octanol–water partition coefficient (Wildman–Crippen LogP) is 3.57. The molecule has 1 fully saturated rings. The average Bonchev–Trinajstić information content (AvgIpc) is 2.57. The summed E-state index contributed by atoms with van der Waals surface area (Å²) in [4.78, 5) is 17.3. The van der Waals surface area contributed by atoms with E-state index in [0.29, 0.717) is 10.0 Å². The van der Waals surface area contributed by atoms with Crippen molar-refractivity contribution in [3.05, 3.63) is 69.4 Å². The summed E-state index contributed by atoms with van der Waals surface area (Å²) >= 11 is 3.21. The standard InChI is InChI=1S/C19H20BrFN2O/c1-22-7-9-23(10-8-22)13-14-3-2-4-15(11-14)19(24)17-6-5-16(20)12-18(17)21/h2-6,11-12H,7-10,13H2,1H3. The van der Waals surface area contributed by atoms with E-state index >= 15 is 0 Å². The molecule has 0 unspecified atom stereocenters. The minimum absolute atomic E-state index is 0.106. The van der Waals surface area contributed by atoms with Crippen LogP contribution in [0.1, 0.15) is 21.5 Å². The van der Waals surface area contributed by atoms with Gasteiger partial charge in [0.2, 0.25) is 0 Å². The number of rotatable bonds is 4. The quantitative estimate of drug-likeness (QED) is 0.745. The van der Waals surface area contributed by atoms with Gasteiger partial charge in [-0.05, 0) is 36.9 Å². The van der Waals surface area contributed by atoms with Gasteiger partial charge in [-0.1, -0.05) is 34.1 Å². The van der Waals surface area contributed by atoms with E-state index in [2.05, 4.69) is 32.8 Å². The monoisotopic (exact) mass is 390 g/mol. The summed E-state index contributed by atoms with van der Waals surface area (Å²) in [5.74, 6) is -0.779. The highest BCUT2D eigenvalue weighted by Gasteiger charge is 2.17. The molecule has 1 heterocycles. The number of hydrogen-bond donors (Lipinski definition) is 0. The molecule has 5 heteroatoms. The van der Waals surface area contributed by atoms with Crippen LogP contribution in [-0.2, 0) is 6.54 Å². The van der Waals surface area contributed by atoms with Crippen molar-refractivity contribution in [2.45, 2.75) is 6.54 Å². The van der Waals surface area contributed by atoms with Gasteiger partial charge < -0.3 is 4.90 Å². The molecule has 0 amide bonds. The molecule has 3 nitrogen and oxygen atoms in total. The largest absolute Gasteiger partial charge is 0.304 e. The van der Waals surface area contributed by atoms with Crippen LogP contribution in [0.25, 0.3) is 0 Å². The van der Waals surface area contributed by atoms with Crippen molar-refractivity contribution in [3.63, 3.8) is 0 Å². The molecule has 1 saturated heterocycles. The Kier molecular flexibility index (Phi) is 5.43. The fourth-order valence-corrected chi connectivity index (χ4v) is 3.24. The molecule has 126 valence electrons. The average molecular weight is 391 g/mol. The van der Waals surface area contributed by atoms with Crippen molar-refractivity contribution >= 4 is 21.7 Å². The first-order chi connectivity index (χ1) is 11.5. The number of carbonyl (C=O) groups excluding carboxylic acids is 1. The SMILES string of the molecule is CN1CCN(Cc2cccc(C(=O)c3ccc(Br)cc3F)c2)CC1. The molecule has 0 spiro atoms. The molecular weight excluding hydrogens is 371 g/mol. The van der Waals surface area contributed by atoms with Crippen LogP contribution >= 0.6 is 15.9 Å². The van der Waals surface area contributed by atoms with Crippen LogP contribution in [0.2, 0.25) is 0 Å². The van der Waals surface area contributed by atoms with E-state index in [0.717, 1.165) is 38.3 Å². The zero-order valence-corrected chi connectivity index (χ0v) is 15.2. The van der Waals surface area contributed by atoms with E-state index in [1.165, 1.54) is 12.1 Å². The lowest BCUT2D eigenvalue weighted by Gasteiger charge is -2.32. The highest BCUT2D eigenvalue weighted by molar-refractivity contribution is 9.10. The zero-order chi connectivity index (χ0) is 17.1. The fourth-order valence-electron chi connectivity index (χ4n) is 2.90. The van der Waals surface area contributed by atoms with E-state index in [-0.39, 0.29) is 11.3 Å². The van der Waals surface area contributed by atoms with Crippen molar-refractivity contribution in [2.75, 3.05) is 33.2 Å². The van der Waals surface area contributed by atoms with Crippen LogP contribution in [-0.4, -0.2) is 48.8 Å². The van der Waals surface area contributed by atoms with Gasteiger partial charge in [0.25, 0.3) is 0 Å². The topological polar surface area (TPSA) is 23.6 Å². The molecule has 0 N–H and O–H groups in total. The van der Waals surface area contributed by atoms with Crippen molar-refractivity contribution in [2.24, 2.45) is 0 Å². The molecule has 0 bridgehead atoms. The Morgan fingerprint density at radius 2 is 1.88 bits per heavy atom. The number of piperazine rings is 1. The lowest BCUT2D eigenvalue weighted by Crippen LogP contribution is -2.43. The van der Waals surface area contributed by atoms with Crippen LogP contribution in [0.4, 0.5) is 4.39 Å². The van der Waals surface area contributed by atoms with E-state index in [1.54, 1.807) is 12.1 Å².